The number of aryl methyl sites for hydroxylation is 3. The van der Waals surface area contributed by atoms with Gasteiger partial charge in [-0.1, -0.05) is 19.1 Å². The summed E-state index contributed by atoms with van der Waals surface area (Å²) in [6, 6.07) is 12.6. The van der Waals surface area contributed by atoms with Gasteiger partial charge in [0, 0.05) is 34.0 Å². The van der Waals surface area contributed by atoms with E-state index in [0.717, 1.165) is 34.1 Å². The van der Waals surface area contributed by atoms with Crippen LogP contribution in [-0.4, -0.2) is 41.1 Å². The number of carbonyl (C=O) groups excluding carboxylic acids is 1. The number of aromatic amines is 1. The first kappa shape index (κ1) is 26.9. The van der Waals surface area contributed by atoms with Crippen molar-refractivity contribution in [3.05, 3.63) is 82.7 Å². The summed E-state index contributed by atoms with van der Waals surface area (Å²) in [5, 5.41) is 15.0. The molecule has 5 rings (SSSR count). The number of nitrogens with one attached hydrogen (secondary N) is 3. The fourth-order valence-electron chi connectivity index (χ4n) is 4.79. The molecule has 1 aliphatic rings. The van der Waals surface area contributed by atoms with Crippen LogP contribution in [0.15, 0.2) is 59.6 Å². The minimum atomic E-state index is -4.01. The van der Waals surface area contributed by atoms with Crippen molar-refractivity contribution in [1.29, 1.82) is 0 Å². The maximum Gasteiger partial charge on any atom is 0.257 e. The Morgan fingerprint density at radius 2 is 1.85 bits per heavy atom. The Bertz CT molecular complexity index is 1680. The summed E-state index contributed by atoms with van der Waals surface area (Å²) in [4.78, 5) is 20.9. The van der Waals surface area contributed by atoms with Crippen LogP contribution >= 0.6 is 0 Å². The minimum Gasteiger partial charge on any atom is -0.469 e. The number of aliphatic hydroxyl groups is 1. The Morgan fingerprint density at radius 3 is 2.54 bits per heavy atom. The maximum absolute atomic E-state index is 13.3. The zero-order valence-corrected chi connectivity index (χ0v) is 23.3. The lowest BCUT2D eigenvalue weighted by Crippen LogP contribution is -2.53. The van der Waals surface area contributed by atoms with Crippen molar-refractivity contribution in [3.8, 4) is 5.88 Å². The van der Waals surface area contributed by atoms with E-state index in [-0.39, 0.29) is 21.9 Å². The van der Waals surface area contributed by atoms with Crippen LogP contribution in [-0.2, 0) is 16.4 Å². The molecule has 3 heterocycles. The van der Waals surface area contributed by atoms with Gasteiger partial charge < -0.3 is 20.1 Å². The second-order valence-electron chi connectivity index (χ2n) is 10.5. The van der Waals surface area contributed by atoms with Gasteiger partial charge in [0.1, 0.15) is 11.7 Å². The molecule has 0 saturated heterocycles. The van der Waals surface area contributed by atoms with Gasteiger partial charge in [0.25, 0.3) is 5.91 Å². The Kier molecular flexibility index (Phi) is 6.74. The number of anilines is 1. The van der Waals surface area contributed by atoms with E-state index in [1.807, 2.05) is 32.9 Å². The number of pyridine rings is 1. The van der Waals surface area contributed by atoms with E-state index in [1.165, 1.54) is 24.4 Å². The number of aliphatic hydroxyl groups excluding tert-OH is 1. The lowest BCUT2D eigenvalue weighted by atomic mass is 9.88. The number of carbonyl (C=O) groups is 1. The Hall–Kier alpha value is -3.73. The number of hydrogen-bond donors (Lipinski definition) is 4. The first-order chi connectivity index (χ1) is 18.4. The van der Waals surface area contributed by atoms with Crippen molar-refractivity contribution >= 4 is 32.5 Å². The first-order valence-electron chi connectivity index (χ1n) is 12.8. The molecule has 0 unspecified atom stereocenters. The predicted octanol–water partition coefficient (Wildman–Crippen LogP) is 4.55. The molecule has 0 fully saturated rings. The lowest BCUT2D eigenvalue weighted by Gasteiger charge is -2.41. The molecule has 10 heteroatoms. The van der Waals surface area contributed by atoms with Crippen molar-refractivity contribution in [1.82, 2.24) is 14.7 Å². The Balaban J connectivity index is 1.46. The summed E-state index contributed by atoms with van der Waals surface area (Å²) >= 11 is 0. The summed E-state index contributed by atoms with van der Waals surface area (Å²) in [6.07, 6.45) is 0.904. The van der Waals surface area contributed by atoms with Crippen LogP contribution in [0.25, 0.3) is 10.9 Å². The summed E-state index contributed by atoms with van der Waals surface area (Å²) in [7, 11) is -4.01. The number of ether oxygens (including phenoxy) is 1. The van der Waals surface area contributed by atoms with Crippen LogP contribution in [0.4, 0.5) is 5.69 Å². The third-order valence-corrected chi connectivity index (χ3v) is 8.81. The number of benzene rings is 2. The summed E-state index contributed by atoms with van der Waals surface area (Å²) < 4.78 is 35.1. The van der Waals surface area contributed by atoms with Crippen molar-refractivity contribution in [2.45, 2.75) is 63.7 Å². The Labute approximate surface area is 227 Å². The van der Waals surface area contributed by atoms with Gasteiger partial charge in [-0.25, -0.2) is 18.1 Å². The summed E-state index contributed by atoms with van der Waals surface area (Å²) in [5.74, 6) is -0.277. The highest BCUT2D eigenvalue weighted by atomic mass is 32.2. The van der Waals surface area contributed by atoms with Gasteiger partial charge in [0.2, 0.25) is 15.9 Å². The van der Waals surface area contributed by atoms with Gasteiger partial charge in [-0.3, -0.25) is 4.79 Å². The molecule has 1 amide bonds. The molecule has 4 aromatic rings. The van der Waals surface area contributed by atoms with Gasteiger partial charge in [-0.15, -0.1) is 0 Å². The predicted molar refractivity (Wildman–Crippen MR) is 150 cm³/mol. The average Bonchev–Trinajstić information content (AvgIpc) is 3.19. The van der Waals surface area contributed by atoms with Crippen molar-refractivity contribution < 1.29 is 23.1 Å². The number of aromatic nitrogens is 2. The van der Waals surface area contributed by atoms with E-state index in [9.17, 15) is 18.3 Å². The van der Waals surface area contributed by atoms with Gasteiger partial charge >= 0.3 is 0 Å². The number of sulfonamides is 1. The van der Waals surface area contributed by atoms with Crippen LogP contribution < -0.4 is 14.8 Å². The molecule has 0 saturated carbocycles. The van der Waals surface area contributed by atoms with Gasteiger partial charge in [-0.05, 0) is 81.6 Å². The van der Waals surface area contributed by atoms with Crippen LogP contribution in [0, 0.1) is 13.8 Å². The molecule has 39 heavy (non-hydrogen) atoms. The van der Waals surface area contributed by atoms with Crippen LogP contribution in [0.3, 0.4) is 0 Å². The van der Waals surface area contributed by atoms with Gasteiger partial charge in [0.05, 0.1) is 16.5 Å². The maximum atomic E-state index is 13.3. The number of fused-ring (bicyclic) bond motifs is 2. The highest BCUT2D eigenvalue weighted by molar-refractivity contribution is 7.89. The zero-order chi connectivity index (χ0) is 28.1. The number of nitrogens with zero attached hydrogens (tertiary/aromatic N) is 1. The molecular formula is C29H32N4O5S. The largest absolute Gasteiger partial charge is 0.469 e. The molecule has 0 spiro atoms. The quantitative estimate of drug-likeness (QED) is 0.279. The highest BCUT2D eigenvalue weighted by Gasteiger charge is 2.45. The van der Waals surface area contributed by atoms with E-state index in [2.05, 4.69) is 20.0 Å². The molecule has 1 aliphatic heterocycles. The van der Waals surface area contributed by atoms with Crippen LogP contribution in [0.5, 0.6) is 5.88 Å². The van der Waals surface area contributed by atoms with E-state index >= 15 is 0 Å². The Morgan fingerprint density at radius 1 is 1.13 bits per heavy atom. The fourth-order valence-corrected chi connectivity index (χ4v) is 6.01. The number of amides is 1. The fraction of sp³-hybridized carbons (Fsp3) is 0.310. The molecule has 4 N–H and O–H groups in total. The van der Waals surface area contributed by atoms with Gasteiger partial charge in [0.15, 0.2) is 0 Å². The van der Waals surface area contributed by atoms with Crippen molar-refractivity contribution in [3.63, 3.8) is 0 Å². The number of hydrogen-bond acceptors (Lipinski definition) is 6. The van der Waals surface area contributed by atoms with E-state index in [4.69, 9.17) is 4.74 Å². The number of rotatable bonds is 6. The summed E-state index contributed by atoms with van der Waals surface area (Å²) in [5.41, 5.74) is 4.09. The highest BCUT2D eigenvalue weighted by Crippen LogP contribution is 2.39. The number of H-pyrrole nitrogens is 1. The van der Waals surface area contributed by atoms with E-state index < -0.39 is 33.7 Å². The molecule has 0 radical (unpaired) electrons. The SMILES string of the molecule is CCc1ccc(S(=O)(=O)N[C@@H]2c3cc(C(=O)Nc4ccc5[nH]c(C)c(C)c5c4)cnc3OC(C)(C)[C@H]2O)cc1. The topological polar surface area (TPSA) is 133 Å². The first-order valence-corrected chi connectivity index (χ1v) is 14.3. The molecule has 0 aliphatic carbocycles. The second kappa shape index (κ2) is 9.78. The van der Waals surface area contributed by atoms with E-state index in [1.54, 1.807) is 32.0 Å². The van der Waals surface area contributed by atoms with E-state index in [0.29, 0.717) is 5.69 Å². The molecule has 204 valence electrons. The summed E-state index contributed by atoms with van der Waals surface area (Å²) in [6.45, 7) is 9.30. The van der Waals surface area contributed by atoms with Crippen LogP contribution in [0.2, 0.25) is 0 Å². The average molecular weight is 549 g/mol. The monoisotopic (exact) mass is 548 g/mol. The molecule has 9 nitrogen and oxygen atoms in total. The molecule has 0 bridgehead atoms. The van der Waals surface area contributed by atoms with Crippen LogP contribution in [0.1, 0.15) is 59.6 Å². The van der Waals surface area contributed by atoms with Gasteiger partial charge in [-0.2, -0.15) is 0 Å². The van der Waals surface area contributed by atoms with Crippen molar-refractivity contribution in [2.24, 2.45) is 0 Å². The lowest BCUT2D eigenvalue weighted by molar-refractivity contribution is -0.0632. The molecular weight excluding hydrogens is 516 g/mol. The zero-order valence-electron chi connectivity index (χ0n) is 22.5. The smallest absolute Gasteiger partial charge is 0.257 e. The second-order valence-corrected chi connectivity index (χ2v) is 12.2. The molecule has 2 atom stereocenters. The normalized spacial score (nSPS) is 18.4. The minimum absolute atomic E-state index is 0.0743. The third kappa shape index (κ3) is 5.03. The van der Waals surface area contributed by atoms with Crippen molar-refractivity contribution in [2.75, 3.05) is 5.32 Å². The molecule has 2 aromatic heterocycles. The standard InChI is InChI=1S/C29H32N4O5S/c1-6-18-7-10-21(11-8-18)39(36,37)33-25-23-13-19(15-30-28(23)38-29(4,5)26(25)34)27(35)32-20-9-12-24-22(14-20)16(2)17(3)31-24/h7-15,25-26,31,33-34H,6H2,1-5H3,(H,32,35)/t25-,26+/m1/s1. The third-order valence-electron chi connectivity index (χ3n) is 7.35. The molecule has 2 aromatic carbocycles.